The normalized spacial score (nSPS) is 12.5. The van der Waals surface area contributed by atoms with E-state index in [1.807, 2.05) is 24.3 Å². The van der Waals surface area contributed by atoms with E-state index < -0.39 is 0 Å². The van der Waals surface area contributed by atoms with Crippen molar-refractivity contribution in [1.29, 1.82) is 0 Å². The van der Waals surface area contributed by atoms with Crippen molar-refractivity contribution in [3.05, 3.63) is 29.8 Å². The van der Waals surface area contributed by atoms with Crippen LogP contribution in [0.3, 0.4) is 0 Å². The van der Waals surface area contributed by atoms with Crippen molar-refractivity contribution in [2.24, 2.45) is 0 Å². The number of aliphatic hydroxyl groups is 2. The molecule has 0 amide bonds. The van der Waals surface area contributed by atoms with Crippen LogP contribution in [0.4, 0.5) is 0 Å². The van der Waals surface area contributed by atoms with Gasteiger partial charge < -0.3 is 20.3 Å². The molecule has 0 aliphatic heterocycles. The van der Waals surface area contributed by atoms with Crippen molar-refractivity contribution >= 4 is 0 Å². The SMILES string of the molecule is CNC(CO)c1ccc(OCCO)cc1. The zero-order valence-corrected chi connectivity index (χ0v) is 8.81. The van der Waals surface area contributed by atoms with E-state index in [4.69, 9.17) is 14.9 Å². The first-order valence-corrected chi connectivity index (χ1v) is 4.93. The molecule has 0 saturated heterocycles. The Labute approximate surface area is 89.5 Å². The monoisotopic (exact) mass is 211 g/mol. The minimum atomic E-state index is -0.0445. The van der Waals surface area contributed by atoms with Gasteiger partial charge in [-0.1, -0.05) is 12.1 Å². The van der Waals surface area contributed by atoms with Gasteiger partial charge in [-0.2, -0.15) is 0 Å². The lowest BCUT2D eigenvalue weighted by atomic mass is 10.1. The van der Waals surface area contributed by atoms with Crippen LogP contribution in [-0.4, -0.2) is 37.1 Å². The summed E-state index contributed by atoms with van der Waals surface area (Å²) in [6.45, 7) is 0.375. The quantitative estimate of drug-likeness (QED) is 0.634. The van der Waals surface area contributed by atoms with Crippen LogP contribution in [0.1, 0.15) is 11.6 Å². The molecule has 15 heavy (non-hydrogen) atoms. The lowest BCUT2D eigenvalue weighted by molar-refractivity contribution is 0.201. The van der Waals surface area contributed by atoms with Gasteiger partial charge in [-0.05, 0) is 24.7 Å². The molecule has 4 heteroatoms. The molecular formula is C11H17NO3. The van der Waals surface area contributed by atoms with Crippen molar-refractivity contribution in [3.63, 3.8) is 0 Å². The van der Waals surface area contributed by atoms with Gasteiger partial charge in [0.25, 0.3) is 0 Å². The van der Waals surface area contributed by atoms with E-state index in [2.05, 4.69) is 5.32 Å². The fraction of sp³-hybridized carbons (Fsp3) is 0.455. The Morgan fingerprint density at radius 1 is 1.27 bits per heavy atom. The van der Waals surface area contributed by atoms with Gasteiger partial charge in [-0.3, -0.25) is 0 Å². The van der Waals surface area contributed by atoms with Crippen LogP contribution in [0.25, 0.3) is 0 Å². The van der Waals surface area contributed by atoms with Crippen molar-refractivity contribution in [3.8, 4) is 5.75 Å². The molecule has 4 nitrogen and oxygen atoms in total. The molecule has 1 atom stereocenters. The molecule has 0 aliphatic carbocycles. The summed E-state index contributed by atoms with van der Waals surface area (Å²) in [5.74, 6) is 0.723. The Bertz CT molecular complexity index is 270. The third kappa shape index (κ3) is 3.51. The first kappa shape index (κ1) is 12.0. The molecule has 0 fully saturated rings. The number of hydrogen-bond donors (Lipinski definition) is 3. The standard InChI is InChI=1S/C11H17NO3/c1-12-11(8-14)9-2-4-10(5-3-9)15-7-6-13/h2-5,11-14H,6-8H2,1H3. The van der Waals surface area contributed by atoms with Gasteiger partial charge in [0.1, 0.15) is 12.4 Å². The van der Waals surface area contributed by atoms with Crippen LogP contribution < -0.4 is 10.1 Å². The number of likely N-dealkylation sites (N-methyl/N-ethyl adjacent to an activating group) is 1. The number of ether oxygens (including phenoxy) is 1. The van der Waals surface area contributed by atoms with E-state index in [1.165, 1.54) is 0 Å². The van der Waals surface area contributed by atoms with Crippen LogP contribution in [0.2, 0.25) is 0 Å². The van der Waals surface area contributed by atoms with Gasteiger partial charge in [0.2, 0.25) is 0 Å². The van der Waals surface area contributed by atoms with E-state index in [0.717, 1.165) is 11.3 Å². The highest BCUT2D eigenvalue weighted by atomic mass is 16.5. The van der Waals surface area contributed by atoms with Gasteiger partial charge in [0.15, 0.2) is 0 Å². The van der Waals surface area contributed by atoms with Crippen LogP contribution in [0.5, 0.6) is 5.75 Å². The molecule has 3 N–H and O–H groups in total. The maximum Gasteiger partial charge on any atom is 0.119 e. The zero-order valence-electron chi connectivity index (χ0n) is 8.81. The van der Waals surface area contributed by atoms with Gasteiger partial charge >= 0.3 is 0 Å². The highest BCUT2D eigenvalue weighted by Gasteiger charge is 2.06. The minimum Gasteiger partial charge on any atom is -0.491 e. The molecule has 1 aromatic carbocycles. The molecule has 1 aromatic rings. The predicted molar refractivity (Wildman–Crippen MR) is 57.9 cm³/mol. The Morgan fingerprint density at radius 3 is 2.40 bits per heavy atom. The summed E-state index contributed by atoms with van der Waals surface area (Å²) < 4.78 is 5.22. The topological polar surface area (TPSA) is 61.7 Å². The molecule has 0 spiro atoms. The second-order valence-electron chi connectivity index (χ2n) is 3.16. The lowest BCUT2D eigenvalue weighted by Crippen LogP contribution is -2.19. The first-order chi connectivity index (χ1) is 7.31. The second kappa shape index (κ2) is 6.40. The Morgan fingerprint density at radius 2 is 1.93 bits per heavy atom. The predicted octanol–water partition coefficient (Wildman–Crippen LogP) is 0.310. The summed E-state index contributed by atoms with van der Waals surface area (Å²) in [6, 6.07) is 7.39. The van der Waals surface area contributed by atoms with Crippen molar-refractivity contribution in [1.82, 2.24) is 5.32 Å². The van der Waals surface area contributed by atoms with Crippen LogP contribution in [0.15, 0.2) is 24.3 Å². The third-order valence-corrected chi connectivity index (χ3v) is 2.17. The fourth-order valence-corrected chi connectivity index (χ4v) is 1.32. The third-order valence-electron chi connectivity index (χ3n) is 2.17. The summed E-state index contributed by atoms with van der Waals surface area (Å²) >= 11 is 0. The second-order valence-corrected chi connectivity index (χ2v) is 3.16. The molecule has 84 valence electrons. The van der Waals surface area contributed by atoms with Crippen LogP contribution in [-0.2, 0) is 0 Å². The largest absolute Gasteiger partial charge is 0.491 e. The molecule has 0 bridgehead atoms. The Kier molecular flexibility index (Phi) is 5.10. The summed E-state index contributed by atoms with van der Waals surface area (Å²) in [5.41, 5.74) is 1.01. The highest BCUT2D eigenvalue weighted by molar-refractivity contribution is 5.29. The van der Waals surface area contributed by atoms with Gasteiger partial charge in [-0.25, -0.2) is 0 Å². The number of aliphatic hydroxyl groups excluding tert-OH is 2. The van der Waals surface area contributed by atoms with E-state index in [0.29, 0.717) is 6.61 Å². The number of hydrogen-bond acceptors (Lipinski definition) is 4. The summed E-state index contributed by atoms with van der Waals surface area (Å²) in [7, 11) is 1.80. The van der Waals surface area contributed by atoms with Gasteiger partial charge in [-0.15, -0.1) is 0 Å². The lowest BCUT2D eigenvalue weighted by Gasteiger charge is -2.13. The van der Waals surface area contributed by atoms with E-state index in [9.17, 15) is 0 Å². The van der Waals surface area contributed by atoms with Crippen molar-refractivity contribution in [2.75, 3.05) is 26.9 Å². The van der Waals surface area contributed by atoms with Crippen LogP contribution in [0, 0.1) is 0 Å². The first-order valence-electron chi connectivity index (χ1n) is 4.93. The Hall–Kier alpha value is -1.10. The maximum atomic E-state index is 9.06. The molecule has 0 aliphatic rings. The molecule has 0 heterocycles. The zero-order chi connectivity index (χ0) is 11.1. The average molecular weight is 211 g/mol. The average Bonchev–Trinajstić information content (AvgIpc) is 2.29. The maximum absolute atomic E-state index is 9.06. The van der Waals surface area contributed by atoms with E-state index in [-0.39, 0.29) is 19.3 Å². The van der Waals surface area contributed by atoms with Gasteiger partial charge in [0.05, 0.1) is 19.3 Å². The van der Waals surface area contributed by atoms with Gasteiger partial charge in [0, 0.05) is 0 Å². The number of nitrogens with one attached hydrogen (secondary N) is 1. The summed E-state index contributed by atoms with van der Waals surface area (Å²) in [6.07, 6.45) is 0. The minimum absolute atomic E-state index is 0.0114. The molecule has 1 rings (SSSR count). The number of rotatable bonds is 6. The summed E-state index contributed by atoms with van der Waals surface area (Å²) in [5, 5.41) is 20.6. The number of benzene rings is 1. The molecule has 0 radical (unpaired) electrons. The van der Waals surface area contributed by atoms with E-state index in [1.54, 1.807) is 7.05 Å². The summed E-state index contributed by atoms with van der Waals surface area (Å²) in [4.78, 5) is 0. The molecular weight excluding hydrogens is 194 g/mol. The molecule has 0 aromatic heterocycles. The Balaban J connectivity index is 2.62. The fourth-order valence-electron chi connectivity index (χ4n) is 1.32. The molecule has 0 saturated carbocycles. The highest BCUT2D eigenvalue weighted by Crippen LogP contribution is 2.17. The van der Waals surface area contributed by atoms with Crippen molar-refractivity contribution < 1.29 is 14.9 Å². The van der Waals surface area contributed by atoms with Crippen molar-refractivity contribution in [2.45, 2.75) is 6.04 Å². The van der Waals surface area contributed by atoms with Crippen LogP contribution >= 0.6 is 0 Å². The smallest absolute Gasteiger partial charge is 0.119 e. The van der Waals surface area contributed by atoms with E-state index >= 15 is 0 Å². The molecule has 1 unspecified atom stereocenters.